The van der Waals surface area contributed by atoms with Crippen molar-refractivity contribution in [3.63, 3.8) is 0 Å². The van der Waals surface area contributed by atoms with Crippen LogP contribution in [0.4, 0.5) is 0 Å². The van der Waals surface area contributed by atoms with Crippen molar-refractivity contribution in [3.8, 4) is 39.2 Å². The van der Waals surface area contributed by atoms with Crippen LogP contribution in [-0.4, -0.2) is 46.1 Å². The number of hydrogen-bond acceptors (Lipinski definition) is 8. The third kappa shape index (κ3) is 7.21. The van der Waals surface area contributed by atoms with Gasteiger partial charge in [0.25, 0.3) is 6.47 Å². The molecule has 8 nitrogen and oxygen atoms in total. The molecule has 2 aliphatic rings. The monoisotopic (exact) mass is 663 g/mol. The number of thiazole rings is 1. The Hall–Kier alpha value is -4.36. The van der Waals surface area contributed by atoms with Crippen LogP contribution in [0.2, 0.25) is 0 Å². The molecular formula is C39H45N5O3S. The molecule has 0 spiro atoms. The van der Waals surface area contributed by atoms with Gasteiger partial charge in [-0.2, -0.15) is 5.26 Å². The van der Waals surface area contributed by atoms with Crippen LogP contribution in [0.5, 0.6) is 0 Å². The first-order valence-corrected chi connectivity index (χ1v) is 17.8. The highest BCUT2D eigenvalue weighted by Gasteiger charge is 2.24. The second-order valence-corrected chi connectivity index (χ2v) is 13.2. The summed E-state index contributed by atoms with van der Waals surface area (Å²) in [5, 5.41) is 21.5. The minimum atomic E-state index is -0.250. The van der Waals surface area contributed by atoms with Crippen LogP contribution >= 0.6 is 11.3 Å². The van der Waals surface area contributed by atoms with E-state index in [1.807, 2.05) is 31.3 Å². The lowest BCUT2D eigenvalue weighted by atomic mass is 9.84. The van der Waals surface area contributed by atoms with Crippen LogP contribution in [0, 0.1) is 18.3 Å². The number of nitrogens with one attached hydrogen (secondary N) is 1. The van der Waals surface area contributed by atoms with Crippen molar-refractivity contribution < 1.29 is 14.3 Å². The fourth-order valence-corrected chi connectivity index (χ4v) is 7.86. The molecule has 0 saturated carbocycles. The summed E-state index contributed by atoms with van der Waals surface area (Å²) >= 11 is 1.81. The van der Waals surface area contributed by atoms with E-state index in [2.05, 4.69) is 79.5 Å². The summed E-state index contributed by atoms with van der Waals surface area (Å²) in [6.45, 7) is 15.4. The van der Waals surface area contributed by atoms with Crippen LogP contribution in [0.25, 0.3) is 44.3 Å². The average Bonchev–Trinajstić information content (AvgIpc) is 3.89. The Kier molecular flexibility index (Phi) is 11.8. The number of hydrogen-bond donors (Lipinski definition) is 2. The van der Waals surface area contributed by atoms with Gasteiger partial charge in [-0.1, -0.05) is 58.0 Å². The first-order chi connectivity index (χ1) is 23.4. The molecule has 3 aromatic carbocycles. The van der Waals surface area contributed by atoms with Gasteiger partial charge in [0.2, 0.25) is 5.89 Å². The zero-order valence-electron chi connectivity index (χ0n) is 28.6. The largest absolute Gasteiger partial charge is 0.483 e. The Morgan fingerprint density at radius 2 is 1.77 bits per heavy atom. The second kappa shape index (κ2) is 16.2. The van der Waals surface area contributed by atoms with Crippen LogP contribution < -0.4 is 5.32 Å². The Bertz CT molecular complexity index is 1890. The Balaban J connectivity index is 0.000000855. The number of nitrogens with zero attached hydrogens (tertiary/aromatic N) is 4. The molecule has 0 aliphatic carbocycles. The minimum absolute atomic E-state index is 0.250. The van der Waals surface area contributed by atoms with Crippen molar-refractivity contribution in [3.05, 3.63) is 81.4 Å². The predicted octanol–water partition coefficient (Wildman–Crippen LogP) is 8.95. The maximum absolute atomic E-state index is 10.0. The third-order valence-electron chi connectivity index (χ3n) is 9.17. The molecule has 0 amide bonds. The summed E-state index contributed by atoms with van der Waals surface area (Å²) < 4.78 is 6.44. The van der Waals surface area contributed by atoms with E-state index in [9.17, 15) is 5.26 Å². The highest BCUT2D eigenvalue weighted by Crippen LogP contribution is 2.43. The summed E-state index contributed by atoms with van der Waals surface area (Å²) in [4.78, 5) is 22.2. The fraction of sp³-hybridized carbons (Fsp3) is 0.385. The van der Waals surface area contributed by atoms with Gasteiger partial charge in [-0.3, -0.25) is 9.69 Å². The number of nitriles is 1. The summed E-state index contributed by atoms with van der Waals surface area (Å²) in [6, 6.07) is 19.5. The number of likely N-dealkylation sites (tertiary alicyclic amines) is 1. The summed E-state index contributed by atoms with van der Waals surface area (Å²) in [5.41, 5.74) is 11.3. The van der Waals surface area contributed by atoms with E-state index in [0.717, 1.165) is 67.2 Å². The normalized spacial score (nSPS) is 14.7. The number of aromatic nitrogens is 2. The molecule has 48 heavy (non-hydrogen) atoms. The quantitative estimate of drug-likeness (QED) is 0.166. The first kappa shape index (κ1) is 35.0. The third-order valence-corrected chi connectivity index (χ3v) is 10.3. The van der Waals surface area contributed by atoms with E-state index in [0.29, 0.717) is 17.0 Å². The molecule has 0 bridgehead atoms. The molecule has 1 unspecified atom stereocenters. The van der Waals surface area contributed by atoms with E-state index < -0.39 is 0 Å². The van der Waals surface area contributed by atoms with Gasteiger partial charge in [0, 0.05) is 42.1 Å². The molecule has 0 radical (unpaired) electrons. The molecule has 4 heterocycles. The molecule has 5 aromatic rings. The van der Waals surface area contributed by atoms with Gasteiger partial charge in [-0.15, -0.1) is 11.3 Å². The lowest BCUT2D eigenvalue weighted by Crippen LogP contribution is -2.22. The number of oxazole rings is 1. The van der Waals surface area contributed by atoms with Gasteiger partial charge in [0.15, 0.2) is 5.58 Å². The van der Waals surface area contributed by atoms with Crippen molar-refractivity contribution >= 4 is 28.9 Å². The molecule has 9 heteroatoms. The molecule has 1 fully saturated rings. The van der Waals surface area contributed by atoms with Crippen LogP contribution in [-0.2, 0) is 24.3 Å². The topological polar surface area (TPSA) is 115 Å². The van der Waals surface area contributed by atoms with Crippen molar-refractivity contribution in [2.45, 2.75) is 79.3 Å². The Morgan fingerprint density at radius 3 is 2.46 bits per heavy atom. The lowest BCUT2D eigenvalue weighted by molar-refractivity contribution is -0.122. The smallest absolute Gasteiger partial charge is 0.290 e. The van der Waals surface area contributed by atoms with Crippen LogP contribution in [0.3, 0.4) is 0 Å². The number of benzene rings is 3. The number of rotatable bonds is 7. The predicted molar refractivity (Wildman–Crippen MR) is 194 cm³/mol. The zero-order valence-corrected chi connectivity index (χ0v) is 29.4. The molecule has 250 valence electrons. The zero-order chi connectivity index (χ0) is 34.2. The standard InChI is InChI=1S/C36H37N5OS.C2H6.CH2O2/c1-4-22(2)33-28(26-9-7-10-27(23(26)3)36-40-30-13-14-38-20-32(30)43-36)11-8-12-29(33)35-39-31-18-24(21-41-15-5-6-16-41)17-25(19-37)34(31)42-35;1-2;2-1-3/h7-12,17-18,22,38H,4-6,13-16,20-21H2,1-3H3;1-2H3;1H,(H,2,3). The van der Waals surface area contributed by atoms with Gasteiger partial charge in [0.05, 0.1) is 11.3 Å². The second-order valence-electron chi connectivity index (χ2n) is 12.1. The van der Waals surface area contributed by atoms with Crippen LogP contribution in [0.15, 0.2) is 52.9 Å². The van der Waals surface area contributed by atoms with Gasteiger partial charge >= 0.3 is 0 Å². The summed E-state index contributed by atoms with van der Waals surface area (Å²) in [6.07, 6.45) is 4.45. The van der Waals surface area contributed by atoms with Gasteiger partial charge in [-0.05, 0) is 91.2 Å². The van der Waals surface area contributed by atoms with Gasteiger partial charge in [-0.25, -0.2) is 9.97 Å². The maximum atomic E-state index is 10.0. The molecular weight excluding hydrogens is 619 g/mol. The Labute approximate surface area is 287 Å². The van der Waals surface area contributed by atoms with E-state index in [1.54, 1.807) is 0 Å². The van der Waals surface area contributed by atoms with Crippen molar-refractivity contribution in [2.75, 3.05) is 19.6 Å². The van der Waals surface area contributed by atoms with Gasteiger partial charge < -0.3 is 14.8 Å². The van der Waals surface area contributed by atoms with Crippen molar-refractivity contribution in [1.82, 2.24) is 20.2 Å². The van der Waals surface area contributed by atoms with Gasteiger partial charge in [0.1, 0.15) is 16.6 Å². The summed E-state index contributed by atoms with van der Waals surface area (Å²) in [7, 11) is 0. The van der Waals surface area contributed by atoms with E-state index in [4.69, 9.17) is 24.3 Å². The fourth-order valence-electron chi connectivity index (χ4n) is 6.70. The average molecular weight is 664 g/mol. The molecule has 2 aromatic heterocycles. The van der Waals surface area contributed by atoms with Crippen molar-refractivity contribution in [1.29, 1.82) is 5.26 Å². The minimum Gasteiger partial charge on any atom is -0.483 e. The number of carbonyl (C=O) groups is 1. The molecule has 1 saturated heterocycles. The maximum Gasteiger partial charge on any atom is 0.290 e. The molecule has 1 atom stereocenters. The molecule has 2 aliphatic heterocycles. The number of fused-ring (bicyclic) bond motifs is 2. The van der Waals surface area contributed by atoms with Crippen LogP contribution in [0.1, 0.15) is 85.7 Å². The van der Waals surface area contributed by atoms with Crippen molar-refractivity contribution in [2.24, 2.45) is 0 Å². The van der Waals surface area contributed by atoms with E-state index in [1.165, 1.54) is 51.2 Å². The number of carboxylic acid groups (broad SMARTS) is 1. The SMILES string of the molecule is CC.CCC(C)c1c(-c2nc3cc(CN4CCCC4)cc(C#N)c3o2)cccc1-c1cccc(-c2nc3c(s2)CNCC3)c1C.O=CO. The highest BCUT2D eigenvalue weighted by molar-refractivity contribution is 7.15. The Morgan fingerprint density at radius 1 is 1.08 bits per heavy atom. The van der Waals surface area contributed by atoms with E-state index in [-0.39, 0.29) is 12.4 Å². The lowest BCUT2D eigenvalue weighted by Gasteiger charge is -2.20. The first-order valence-electron chi connectivity index (χ1n) is 17.0. The molecule has 7 rings (SSSR count). The summed E-state index contributed by atoms with van der Waals surface area (Å²) in [5.74, 6) is 0.861. The molecule has 2 N–H and O–H groups in total. The van der Waals surface area contributed by atoms with E-state index >= 15 is 0 Å². The highest BCUT2D eigenvalue weighted by atomic mass is 32.1.